The number of para-hydroxylation sites is 1. The molecular weight excluding hydrogens is 573 g/mol. The summed E-state index contributed by atoms with van der Waals surface area (Å²) in [4.78, 5) is 37.7. The van der Waals surface area contributed by atoms with Crippen molar-refractivity contribution < 1.29 is 43.1 Å². The van der Waals surface area contributed by atoms with E-state index >= 15 is 0 Å². The second kappa shape index (κ2) is 11.5. The Morgan fingerprint density at radius 3 is 2.69 bits per heavy atom. The van der Waals surface area contributed by atoms with Crippen LogP contribution in [0.2, 0.25) is 0 Å². The van der Waals surface area contributed by atoms with Gasteiger partial charge in [-0.2, -0.15) is 0 Å². The molecule has 17 heteroatoms. The first kappa shape index (κ1) is 30.4. The number of anilines is 1. The number of nitrogens with two attached hydrogens (primary N) is 1. The maximum absolute atomic E-state index is 13.1. The number of aliphatic hydroxyl groups excluding tert-OH is 2. The van der Waals surface area contributed by atoms with Crippen LogP contribution in [0.4, 0.5) is 5.69 Å². The van der Waals surface area contributed by atoms with E-state index in [0.717, 1.165) is 0 Å². The number of hydrogen-bond donors (Lipinski definition) is 5. The van der Waals surface area contributed by atoms with Gasteiger partial charge < -0.3 is 19.5 Å². The summed E-state index contributed by atoms with van der Waals surface area (Å²) < 4.78 is 28.7. The van der Waals surface area contributed by atoms with Gasteiger partial charge in [-0.25, -0.2) is 30.3 Å². The molecule has 42 heavy (non-hydrogen) atoms. The number of benzene rings is 1. The highest BCUT2D eigenvalue weighted by Crippen LogP contribution is 2.46. The van der Waals surface area contributed by atoms with Gasteiger partial charge in [-0.15, -0.1) is 0 Å². The molecule has 6 N–H and O–H groups in total. The van der Waals surface area contributed by atoms with Gasteiger partial charge in [0.25, 0.3) is 0 Å². The zero-order valence-electron chi connectivity index (χ0n) is 23.5. The molecular formula is C25H36N7O9P. The van der Waals surface area contributed by atoms with Crippen LogP contribution in [0.15, 0.2) is 52.2 Å². The Morgan fingerprint density at radius 1 is 1.31 bits per heavy atom. The molecule has 0 radical (unpaired) electrons. The van der Waals surface area contributed by atoms with Gasteiger partial charge in [0.1, 0.15) is 36.3 Å². The maximum atomic E-state index is 13.1. The average Bonchev–Trinajstić information content (AvgIpc) is 3.38. The lowest BCUT2D eigenvalue weighted by atomic mass is 9.79. The maximum Gasteiger partial charge on any atom is 0.529 e. The molecule has 0 aliphatic carbocycles. The van der Waals surface area contributed by atoms with Crippen molar-refractivity contribution in [3.63, 3.8) is 0 Å². The molecule has 5 rings (SSSR count). The summed E-state index contributed by atoms with van der Waals surface area (Å²) >= 11 is 0. The van der Waals surface area contributed by atoms with E-state index in [9.17, 15) is 24.5 Å². The number of nitrogens with zero attached hydrogens (tertiary/aromatic N) is 5. The van der Waals surface area contributed by atoms with E-state index in [1.165, 1.54) is 28.5 Å². The molecule has 4 aliphatic heterocycles. The summed E-state index contributed by atoms with van der Waals surface area (Å²) in [6, 6.07) is 7.40. The number of phosphoric ester groups is 1. The molecule has 0 saturated carbocycles. The van der Waals surface area contributed by atoms with Gasteiger partial charge in [-0.3, -0.25) is 29.7 Å². The summed E-state index contributed by atoms with van der Waals surface area (Å²) in [5.74, 6) is 5.72. The van der Waals surface area contributed by atoms with Gasteiger partial charge in [0.2, 0.25) is 0 Å². The number of ether oxygens (including phenoxy) is 1. The second-order valence-electron chi connectivity index (χ2n) is 10.8. The van der Waals surface area contributed by atoms with Crippen LogP contribution >= 0.6 is 7.82 Å². The van der Waals surface area contributed by atoms with E-state index in [1.54, 1.807) is 44.2 Å². The van der Waals surface area contributed by atoms with Crippen LogP contribution in [0.3, 0.4) is 0 Å². The Balaban J connectivity index is 1.25. The number of hydrazine groups is 2. The van der Waals surface area contributed by atoms with E-state index in [2.05, 4.69) is 15.4 Å². The molecule has 2 bridgehead atoms. The fourth-order valence-electron chi connectivity index (χ4n) is 5.53. The van der Waals surface area contributed by atoms with Gasteiger partial charge in [0.15, 0.2) is 12.3 Å². The van der Waals surface area contributed by atoms with Crippen molar-refractivity contribution in [2.75, 3.05) is 25.3 Å². The smallest absolute Gasteiger partial charge is 0.387 e. The van der Waals surface area contributed by atoms with Gasteiger partial charge >= 0.3 is 13.8 Å². The number of nitrogens with one attached hydrogen (secondary N) is 1. The molecule has 230 valence electrons. The zero-order chi connectivity index (χ0) is 30.4. The minimum absolute atomic E-state index is 0.221. The van der Waals surface area contributed by atoms with E-state index in [4.69, 9.17) is 24.5 Å². The standard InChI is InChI=1S/C25H36N7O9P/c1-14(2)19(32(38-4)16-8-6-5-7-9-16)23(35)41-42(36,37)39-11-17-20(33)21(34)22(40-17)31-24-25(15(3)27-13-28-24)10-18(29-31)30(26)12-25/h5-10,13-15,17,19-22,29,33-34H,11-12,26H2,1-4H3,(H,36,37)/t15?,17-,19+,20-,21-,22-,25?/m1/s1. The van der Waals surface area contributed by atoms with Crippen molar-refractivity contribution in [2.24, 2.45) is 27.2 Å². The van der Waals surface area contributed by atoms with Crippen LogP contribution < -0.4 is 16.3 Å². The minimum Gasteiger partial charge on any atom is -0.387 e. The summed E-state index contributed by atoms with van der Waals surface area (Å²) in [5.41, 5.74) is 2.89. The highest BCUT2D eigenvalue weighted by Gasteiger charge is 2.57. The summed E-state index contributed by atoms with van der Waals surface area (Å²) in [7, 11) is -3.63. The first-order valence-corrected chi connectivity index (χ1v) is 14.9. The minimum atomic E-state index is -4.99. The predicted molar refractivity (Wildman–Crippen MR) is 149 cm³/mol. The number of aliphatic imine (C=N–C) groups is 2. The van der Waals surface area contributed by atoms with Gasteiger partial charge in [-0.1, -0.05) is 32.0 Å². The number of hydrogen-bond acceptors (Lipinski definition) is 15. The molecule has 4 heterocycles. The normalized spacial score (nSPS) is 32.1. The van der Waals surface area contributed by atoms with E-state index in [1.807, 2.05) is 13.0 Å². The Morgan fingerprint density at radius 2 is 2.02 bits per heavy atom. The summed E-state index contributed by atoms with van der Waals surface area (Å²) in [6.07, 6.45) is -2.12. The first-order valence-electron chi connectivity index (χ1n) is 13.4. The summed E-state index contributed by atoms with van der Waals surface area (Å²) in [6.45, 7) is 5.06. The Kier molecular flexibility index (Phi) is 8.35. The fraction of sp³-hybridized carbons (Fsp3) is 0.560. The Hall–Kier alpha value is -3.08. The lowest BCUT2D eigenvalue weighted by Gasteiger charge is -2.43. The third kappa shape index (κ3) is 5.40. The number of hydroxylamine groups is 1. The fourth-order valence-corrected chi connectivity index (χ4v) is 6.26. The Bertz CT molecular complexity index is 1310. The molecule has 4 aliphatic rings. The second-order valence-corrected chi connectivity index (χ2v) is 12.2. The van der Waals surface area contributed by atoms with Crippen LogP contribution in [0, 0.1) is 11.3 Å². The largest absolute Gasteiger partial charge is 0.529 e. The topological polar surface area (TPSA) is 204 Å². The molecule has 1 fully saturated rings. The SMILES string of the molecule is CON(c1ccccc1)[C@H](C(=O)OP(=O)(O)OC[C@H]1O[C@@H](N2NC3=CC4(CN3N)C2=NC=NC4C)[C@H](O)[C@@H]1O)C(C)C. The molecule has 1 aromatic carbocycles. The van der Waals surface area contributed by atoms with Gasteiger partial charge in [0.05, 0.1) is 37.4 Å². The number of phosphoric acid groups is 1. The Labute approximate surface area is 242 Å². The molecule has 1 aromatic rings. The van der Waals surface area contributed by atoms with Crippen molar-refractivity contribution in [1.29, 1.82) is 0 Å². The molecule has 1 saturated heterocycles. The monoisotopic (exact) mass is 609 g/mol. The van der Waals surface area contributed by atoms with E-state index in [-0.39, 0.29) is 12.0 Å². The van der Waals surface area contributed by atoms with Gasteiger partial charge in [-0.05, 0) is 31.1 Å². The quantitative estimate of drug-likeness (QED) is 0.133. The lowest BCUT2D eigenvalue weighted by Crippen LogP contribution is -2.61. The predicted octanol–water partition coefficient (Wildman–Crippen LogP) is -0.148. The number of amidine groups is 1. The van der Waals surface area contributed by atoms with Crippen LogP contribution in [0.1, 0.15) is 20.8 Å². The van der Waals surface area contributed by atoms with Crippen LogP contribution in [0.5, 0.6) is 0 Å². The van der Waals surface area contributed by atoms with Crippen LogP contribution in [-0.4, -0.2) is 100 Å². The molecule has 16 nitrogen and oxygen atoms in total. The van der Waals surface area contributed by atoms with Crippen molar-refractivity contribution in [3.8, 4) is 0 Å². The lowest BCUT2D eigenvalue weighted by molar-refractivity contribution is -0.141. The van der Waals surface area contributed by atoms with E-state index < -0.39 is 56.4 Å². The van der Waals surface area contributed by atoms with Crippen LogP contribution in [0.25, 0.3) is 0 Å². The highest BCUT2D eigenvalue weighted by molar-refractivity contribution is 7.48. The molecule has 1 spiro atoms. The van der Waals surface area contributed by atoms with E-state index in [0.29, 0.717) is 23.9 Å². The summed E-state index contributed by atoms with van der Waals surface area (Å²) in [5, 5.41) is 25.9. The van der Waals surface area contributed by atoms with Crippen molar-refractivity contribution >= 4 is 31.7 Å². The van der Waals surface area contributed by atoms with Gasteiger partial charge in [0, 0.05) is 0 Å². The zero-order valence-corrected chi connectivity index (χ0v) is 24.4. The molecule has 0 aromatic heterocycles. The number of rotatable bonds is 10. The number of carbonyl (C=O) groups excluding carboxylic acids is 1. The molecule has 0 amide bonds. The van der Waals surface area contributed by atoms with Crippen molar-refractivity contribution in [2.45, 2.75) is 57.4 Å². The first-order chi connectivity index (χ1) is 19.9. The molecule has 8 atom stereocenters. The third-order valence-corrected chi connectivity index (χ3v) is 8.65. The number of aliphatic hydroxyl groups is 2. The number of carbonyl (C=O) groups is 1. The van der Waals surface area contributed by atoms with Crippen molar-refractivity contribution in [3.05, 3.63) is 42.2 Å². The molecule has 3 unspecified atom stereocenters. The highest BCUT2D eigenvalue weighted by atomic mass is 31.2. The third-order valence-electron chi connectivity index (χ3n) is 7.76. The van der Waals surface area contributed by atoms with Crippen LogP contribution in [-0.2, 0) is 28.0 Å². The average molecular weight is 610 g/mol. The van der Waals surface area contributed by atoms with Crippen molar-refractivity contribution in [1.82, 2.24) is 15.4 Å².